The lowest BCUT2D eigenvalue weighted by Crippen LogP contribution is -2.15. The van der Waals surface area contributed by atoms with Crippen LogP contribution in [0.5, 0.6) is 0 Å². The molecule has 0 spiro atoms. The Balaban J connectivity index is 0.000000189. The molecule has 0 radical (unpaired) electrons. The number of rotatable bonds is 4. The lowest BCUT2D eigenvalue weighted by atomic mass is 9.82. The molecule has 236 valence electrons. The first-order valence-corrected chi connectivity index (χ1v) is 16.7. The Morgan fingerprint density at radius 3 is 2.37 bits per heavy atom. The molecule has 0 saturated carbocycles. The van der Waals surface area contributed by atoms with E-state index in [9.17, 15) is 0 Å². The Kier molecular flexibility index (Phi) is 11.6. The molecule has 0 amide bonds. The molecule has 1 heterocycles. The van der Waals surface area contributed by atoms with E-state index >= 15 is 0 Å². The van der Waals surface area contributed by atoms with Crippen LogP contribution in [-0.2, 0) is 5.41 Å². The highest BCUT2D eigenvalue weighted by atomic mass is 14.8. The summed E-state index contributed by atoms with van der Waals surface area (Å²) in [6, 6.07) is 21.1. The van der Waals surface area contributed by atoms with E-state index in [2.05, 4.69) is 104 Å². The summed E-state index contributed by atoms with van der Waals surface area (Å²) in [5.41, 5.74) is 24.4. The highest BCUT2D eigenvalue weighted by molar-refractivity contribution is 5.90. The summed E-state index contributed by atoms with van der Waals surface area (Å²) in [6.07, 6.45) is 19.1. The highest BCUT2D eigenvalue weighted by Crippen LogP contribution is 2.50. The Labute approximate surface area is 276 Å². The Morgan fingerprint density at radius 2 is 1.65 bits per heavy atom. The van der Waals surface area contributed by atoms with Gasteiger partial charge in [0.25, 0.3) is 0 Å². The molecule has 1 atom stereocenters. The van der Waals surface area contributed by atoms with Gasteiger partial charge >= 0.3 is 0 Å². The molecule has 4 N–H and O–H groups in total. The maximum atomic E-state index is 7.26. The summed E-state index contributed by atoms with van der Waals surface area (Å²) in [5.74, 6) is 0. The van der Waals surface area contributed by atoms with Gasteiger partial charge in [-0.3, -0.25) is 0 Å². The molecule has 7 rings (SSSR count). The van der Waals surface area contributed by atoms with Gasteiger partial charge < -0.3 is 16.5 Å². The zero-order valence-electron chi connectivity index (χ0n) is 28.4. The van der Waals surface area contributed by atoms with Crippen LogP contribution in [0, 0.1) is 5.41 Å². The van der Waals surface area contributed by atoms with E-state index < -0.39 is 0 Å². The second kappa shape index (κ2) is 15.5. The van der Waals surface area contributed by atoms with Crippen LogP contribution in [0.25, 0.3) is 22.3 Å². The van der Waals surface area contributed by atoms with Crippen molar-refractivity contribution in [1.29, 1.82) is 5.41 Å². The van der Waals surface area contributed by atoms with Crippen molar-refractivity contribution in [2.45, 2.75) is 72.3 Å². The van der Waals surface area contributed by atoms with Gasteiger partial charge in [-0.2, -0.15) is 0 Å². The van der Waals surface area contributed by atoms with Crippen LogP contribution in [0.1, 0.15) is 94.7 Å². The first-order chi connectivity index (χ1) is 22.4. The van der Waals surface area contributed by atoms with Gasteiger partial charge in [-0.05, 0) is 81.6 Å². The van der Waals surface area contributed by atoms with Crippen molar-refractivity contribution in [3.63, 3.8) is 0 Å². The summed E-state index contributed by atoms with van der Waals surface area (Å²) in [6.45, 7) is 16.8. The summed E-state index contributed by atoms with van der Waals surface area (Å²) in [7, 11) is 0. The molecule has 1 aliphatic heterocycles. The third-order valence-electron chi connectivity index (χ3n) is 8.67. The monoisotopic (exact) mass is 607 g/mol. The molecular formula is C43H49N3. The number of allylic oxidation sites excluding steroid dienone is 9. The Bertz CT molecular complexity index is 1780. The van der Waals surface area contributed by atoms with Crippen LogP contribution in [0.2, 0.25) is 0 Å². The minimum absolute atomic E-state index is 0.0336. The summed E-state index contributed by atoms with van der Waals surface area (Å²) in [4.78, 5) is 0. The number of nitrogens with two attached hydrogens (primary N) is 1. The number of anilines is 1. The Morgan fingerprint density at radius 1 is 0.891 bits per heavy atom. The maximum absolute atomic E-state index is 7.26. The molecule has 3 aromatic rings. The molecule has 3 nitrogen and oxygen atoms in total. The third kappa shape index (κ3) is 7.07. The smallest absolute Gasteiger partial charge is 0.0648 e. The van der Waals surface area contributed by atoms with E-state index in [4.69, 9.17) is 11.1 Å². The van der Waals surface area contributed by atoms with E-state index in [1.807, 2.05) is 58.2 Å². The predicted octanol–water partition coefficient (Wildman–Crippen LogP) is 11.5. The first-order valence-electron chi connectivity index (χ1n) is 16.7. The van der Waals surface area contributed by atoms with E-state index in [1.54, 1.807) is 0 Å². The molecule has 3 aliphatic carbocycles. The van der Waals surface area contributed by atoms with Crippen molar-refractivity contribution in [2.24, 2.45) is 5.73 Å². The molecule has 3 heteroatoms. The fourth-order valence-electron chi connectivity index (χ4n) is 6.18. The highest BCUT2D eigenvalue weighted by Gasteiger charge is 2.36. The van der Waals surface area contributed by atoms with E-state index in [-0.39, 0.29) is 11.5 Å². The van der Waals surface area contributed by atoms with Crippen LogP contribution in [0.3, 0.4) is 0 Å². The van der Waals surface area contributed by atoms with Gasteiger partial charge in [-0.1, -0.05) is 121 Å². The molecule has 3 aromatic carbocycles. The third-order valence-corrected chi connectivity index (χ3v) is 8.67. The van der Waals surface area contributed by atoms with Crippen molar-refractivity contribution in [3.05, 3.63) is 155 Å². The molecular weight excluding hydrogens is 558 g/mol. The summed E-state index contributed by atoms with van der Waals surface area (Å²) >= 11 is 0. The quantitative estimate of drug-likeness (QED) is 0.204. The van der Waals surface area contributed by atoms with Crippen LogP contribution < -0.4 is 11.1 Å². The van der Waals surface area contributed by atoms with Gasteiger partial charge in [-0.15, -0.1) is 5.73 Å². The van der Waals surface area contributed by atoms with Gasteiger partial charge in [0.15, 0.2) is 0 Å². The van der Waals surface area contributed by atoms with E-state index in [0.717, 1.165) is 36.1 Å². The van der Waals surface area contributed by atoms with Crippen molar-refractivity contribution in [1.82, 2.24) is 0 Å². The number of benzene rings is 3. The SMILES string of the molecule is C=C1/C=C\C=C/Nc2cc3c(cc21)-c1ccccc1C3(C)C.CC.CC.N=CC(N)c1cccc(C2=C=C(C3=CC=CCC3)C2)c1. The minimum Gasteiger partial charge on any atom is -0.361 e. The fraction of sp³-hybridized carbons (Fsp3) is 0.256. The zero-order valence-corrected chi connectivity index (χ0v) is 28.4. The largest absolute Gasteiger partial charge is 0.361 e. The van der Waals surface area contributed by atoms with Crippen molar-refractivity contribution >= 4 is 23.0 Å². The standard InChI is InChI=1S/C21H19N.C18H18N2.2C2H6/c1-14-8-6-7-11-22-20-13-19-17(12-16(14)20)15-9-4-5-10-18(15)21(19,2)3;19-12-18(20)15-8-4-7-14(9-15)17-10-16(11-17)13-5-2-1-3-6-13;2*1-2/h4-13,22H,1H2,2-3H3;1-2,4-5,7-9,12,18-19H,3,6,10,20H2;2*1-2H3/b8-6-,11-7-;;;. The number of nitrogens with one attached hydrogen (secondary N) is 2. The maximum Gasteiger partial charge on any atom is 0.0648 e. The fourth-order valence-corrected chi connectivity index (χ4v) is 6.18. The van der Waals surface area contributed by atoms with Crippen LogP contribution >= 0.6 is 0 Å². The topological polar surface area (TPSA) is 61.9 Å². The van der Waals surface area contributed by atoms with Crippen LogP contribution in [0.4, 0.5) is 5.69 Å². The lowest BCUT2D eigenvalue weighted by molar-refractivity contribution is 0.660. The summed E-state index contributed by atoms with van der Waals surface area (Å²) in [5, 5.41) is 10.7. The lowest BCUT2D eigenvalue weighted by Gasteiger charge is -2.23. The minimum atomic E-state index is -0.315. The molecule has 0 bridgehead atoms. The zero-order chi connectivity index (χ0) is 33.3. The van der Waals surface area contributed by atoms with Gasteiger partial charge in [-0.25, -0.2) is 0 Å². The summed E-state index contributed by atoms with van der Waals surface area (Å²) < 4.78 is 0. The van der Waals surface area contributed by atoms with Crippen molar-refractivity contribution < 1.29 is 0 Å². The van der Waals surface area contributed by atoms with Crippen molar-refractivity contribution in [3.8, 4) is 11.1 Å². The first kappa shape index (κ1) is 34.2. The van der Waals surface area contributed by atoms with Crippen LogP contribution in [-0.4, -0.2) is 6.21 Å². The molecule has 1 unspecified atom stereocenters. The van der Waals surface area contributed by atoms with Crippen molar-refractivity contribution in [2.75, 3.05) is 5.32 Å². The normalized spacial score (nSPS) is 17.9. The number of hydrogen-bond donors (Lipinski definition) is 3. The second-order valence-electron chi connectivity index (χ2n) is 11.7. The van der Waals surface area contributed by atoms with Gasteiger partial charge in [0, 0.05) is 46.6 Å². The van der Waals surface area contributed by atoms with Gasteiger partial charge in [0.1, 0.15) is 0 Å². The average Bonchev–Trinajstić information content (AvgIpc) is 3.30. The molecule has 0 aromatic heterocycles. The van der Waals surface area contributed by atoms with E-state index in [1.165, 1.54) is 56.3 Å². The van der Waals surface area contributed by atoms with Gasteiger partial charge in [0.2, 0.25) is 0 Å². The average molecular weight is 608 g/mol. The molecule has 4 aliphatic rings. The second-order valence-corrected chi connectivity index (χ2v) is 11.7. The Hall–Kier alpha value is -4.69. The molecule has 0 saturated heterocycles. The number of fused-ring (bicyclic) bond motifs is 4. The molecule has 0 fully saturated rings. The van der Waals surface area contributed by atoms with Gasteiger partial charge in [0.05, 0.1) is 6.04 Å². The number of hydrogen-bond acceptors (Lipinski definition) is 3. The molecule has 46 heavy (non-hydrogen) atoms. The predicted molar refractivity (Wildman–Crippen MR) is 201 cm³/mol. The van der Waals surface area contributed by atoms with E-state index in [0.29, 0.717) is 0 Å². The van der Waals surface area contributed by atoms with Crippen LogP contribution in [0.15, 0.2) is 127 Å².